The molecular weight excluding hydrogens is 236 g/mol. The molecule has 0 aromatic carbocycles. The van der Waals surface area contributed by atoms with Gasteiger partial charge in [-0.15, -0.1) is 0 Å². The Labute approximate surface area is 117 Å². The monoisotopic (exact) mass is 266 g/mol. The minimum atomic E-state index is 0.0389. The quantitative estimate of drug-likeness (QED) is 0.771. The molecular formula is C16H30N2O. The minimum absolute atomic E-state index is 0.0389. The molecule has 3 heteroatoms. The van der Waals surface area contributed by atoms with E-state index in [9.17, 15) is 4.79 Å². The smallest absolute Gasteiger partial charge is 0.237 e. The lowest BCUT2D eigenvalue weighted by Crippen LogP contribution is -2.51. The highest BCUT2D eigenvalue weighted by atomic mass is 16.2. The Hall–Kier alpha value is -0.570. The van der Waals surface area contributed by atoms with Gasteiger partial charge in [-0.2, -0.15) is 0 Å². The lowest BCUT2D eigenvalue weighted by Gasteiger charge is -2.30. The summed E-state index contributed by atoms with van der Waals surface area (Å²) in [4.78, 5) is 12.3. The highest BCUT2D eigenvalue weighted by molar-refractivity contribution is 5.82. The fourth-order valence-corrected chi connectivity index (χ4v) is 3.56. The molecule has 1 aliphatic carbocycles. The fraction of sp³-hybridized carbons (Fsp3) is 0.938. The summed E-state index contributed by atoms with van der Waals surface area (Å²) in [6, 6.07) is 0.376. The molecule has 1 saturated heterocycles. The van der Waals surface area contributed by atoms with E-state index < -0.39 is 0 Å². The number of hydrogen-bond acceptors (Lipinski definition) is 2. The van der Waals surface area contributed by atoms with E-state index in [-0.39, 0.29) is 11.9 Å². The summed E-state index contributed by atoms with van der Waals surface area (Å²) in [5.74, 6) is 1.58. The van der Waals surface area contributed by atoms with Crippen LogP contribution in [0.15, 0.2) is 0 Å². The van der Waals surface area contributed by atoms with Crippen LogP contribution in [0.1, 0.15) is 65.2 Å². The second-order valence-corrected chi connectivity index (χ2v) is 6.69. The Morgan fingerprint density at radius 2 is 1.84 bits per heavy atom. The van der Waals surface area contributed by atoms with Gasteiger partial charge in [0.15, 0.2) is 0 Å². The van der Waals surface area contributed by atoms with Gasteiger partial charge >= 0.3 is 0 Å². The van der Waals surface area contributed by atoms with E-state index in [0.29, 0.717) is 17.9 Å². The molecule has 0 bridgehead atoms. The molecule has 1 amide bonds. The molecule has 2 N–H and O–H groups in total. The van der Waals surface area contributed by atoms with Gasteiger partial charge in [-0.25, -0.2) is 0 Å². The molecule has 3 nitrogen and oxygen atoms in total. The van der Waals surface area contributed by atoms with Gasteiger partial charge in [0, 0.05) is 6.04 Å². The summed E-state index contributed by atoms with van der Waals surface area (Å²) in [5.41, 5.74) is 0. The molecule has 1 saturated carbocycles. The Morgan fingerprint density at radius 3 is 2.47 bits per heavy atom. The maximum Gasteiger partial charge on any atom is 0.237 e. The van der Waals surface area contributed by atoms with Gasteiger partial charge in [0.2, 0.25) is 5.91 Å². The van der Waals surface area contributed by atoms with Crippen molar-refractivity contribution in [3.05, 3.63) is 0 Å². The van der Waals surface area contributed by atoms with Crippen molar-refractivity contribution in [1.29, 1.82) is 0 Å². The van der Waals surface area contributed by atoms with Crippen molar-refractivity contribution in [2.75, 3.05) is 6.54 Å². The number of hydrogen-bond donors (Lipinski definition) is 2. The van der Waals surface area contributed by atoms with E-state index in [1.807, 2.05) is 0 Å². The fourth-order valence-electron chi connectivity index (χ4n) is 3.56. The van der Waals surface area contributed by atoms with Gasteiger partial charge in [-0.3, -0.25) is 4.79 Å². The van der Waals surface area contributed by atoms with Crippen LogP contribution in [0.4, 0.5) is 0 Å². The van der Waals surface area contributed by atoms with Gasteiger partial charge in [0.25, 0.3) is 0 Å². The van der Waals surface area contributed by atoms with Crippen LogP contribution in [0.5, 0.6) is 0 Å². The van der Waals surface area contributed by atoms with Gasteiger partial charge in [-0.05, 0) is 51.0 Å². The Kier molecular flexibility index (Phi) is 5.68. The summed E-state index contributed by atoms with van der Waals surface area (Å²) in [6.45, 7) is 5.42. The van der Waals surface area contributed by atoms with Gasteiger partial charge in [0.05, 0.1) is 6.04 Å². The second kappa shape index (κ2) is 7.28. The van der Waals surface area contributed by atoms with Crippen LogP contribution >= 0.6 is 0 Å². The molecule has 0 aromatic rings. The number of amides is 1. The molecule has 19 heavy (non-hydrogen) atoms. The summed E-state index contributed by atoms with van der Waals surface area (Å²) >= 11 is 0. The molecule has 0 radical (unpaired) electrons. The number of nitrogens with one attached hydrogen (secondary N) is 2. The van der Waals surface area contributed by atoms with Crippen LogP contribution in [0, 0.1) is 11.8 Å². The average Bonchev–Trinajstić information content (AvgIpc) is 2.67. The zero-order chi connectivity index (χ0) is 13.7. The molecule has 2 fully saturated rings. The predicted molar refractivity (Wildman–Crippen MR) is 79.0 cm³/mol. The van der Waals surface area contributed by atoms with E-state index in [1.165, 1.54) is 44.9 Å². The van der Waals surface area contributed by atoms with Crippen molar-refractivity contribution >= 4 is 5.91 Å². The van der Waals surface area contributed by atoms with Gasteiger partial charge in [0.1, 0.15) is 0 Å². The van der Waals surface area contributed by atoms with E-state index in [4.69, 9.17) is 0 Å². The van der Waals surface area contributed by atoms with Crippen LogP contribution in [0.3, 0.4) is 0 Å². The first kappa shape index (κ1) is 14.8. The molecule has 110 valence electrons. The third-order valence-corrected chi connectivity index (χ3v) is 4.96. The first-order valence-electron chi connectivity index (χ1n) is 8.20. The minimum Gasteiger partial charge on any atom is -0.352 e. The normalized spacial score (nSPS) is 31.5. The van der Waals surface area contributed by atoms with Crippen LogP contribution in [-0.4, -0.2) is 24.5 Å². The van der Waals surface area contributed by atoms with Gasteiger partial charge in [-0.1, -0.05) is 32.6 Å². The molecule has 1 aliphatic heterocycles. The summed E-state index contributed by atoms with van der Waals surface area (Å²) < 4.78 is 0. The van der Waals surface area contributed by atoms with Crippen molar-refractivity contribution in [2.24, 2.45) is 11.8 Å². The van der Waals surface area contributed by atoms with Crippen LogP contribution < -0.4 is 10.6 Å². The number of piperidine rings is 1. The zero-order valence-corrected chi connectivity index (χ0v) is 12.6. The average molecular weight is 266 g/mol. The van der Waals surface area contributed by atoms with Gasteiger partial charge < -0.3 is 10.6 Å². The molecule has 0 spiro atoms. The van der Waals surface area contributed by atoms with Crippen molar-refractivity contribution in [1.82, 2.24) is 10.6 Å². The number of rotatable bonds is 3. The third-order valence-electron chi connectivity index (χ3n) is 4.96. The lowest BCUT2D eigenvalue weighted by atomic mass is 9.91. The maximum absolute atomic E-state index is 12.3. The predicted octanol–water partition coefficient (Wildman–Crippen LogP) is 2.85. The highest BCUT2D eigenvalue weighted by Gasteiger charge is 2.27. The maximum atomic E-state index is 12.3. The second-order valence-electron chi connectivity index (χ2n) is 6.69. The van der Waals surface area contributed by atoms with Crippen molar-refractivity contribution in [3.8, 4) is 0 Å². The molecule has 2 rings (SSSR count). The zero-order valence-electron chi connectivity index (χ0n) is 12.6. The van der Waals surface area contributed by atoms with Crippen molar-refractivity contribution in [3.63, 3.8) is 0 Å². The first-order chi connectivity index (χ1) is 9.16. The van der Waals surface area contributed by atoms with E-state index in [1.54, 1.807) is 0 Å². The molecule has 1 heterocycles. The van der Waals surface area contributed by atoms with Crippen LogP contribution in [0.25, 0.3) is 0 Å². The SMILES string of the molecule is CC1CCNC(C(=O)N[C@H](C)C2CCCCCC2)C1. The number of carbonyl (C=O) groups is 1. The lowest BCUT2D eigenvalue weighted by molar-refractivity contribution is -0.125. The Bertz CT molecular complexity index is 284. The van der Waals surface area contributed by atoms with Crippen molar-refractivity contribution in [2.45, 2.75) is 77.3 Å². The number of carbonyl (C=O) groups excluding carboxylic acids is 1. The van der Waals surface area contributed by atoms with Crippen LogP contribution in [0.2, 0.25) is 0 Å². The largest absolute Gasteiger partial charge is 0.352 e. The van der Waals surface area contributed by atoms with E-state index in [2.05, 4.69) is 24.5 Å². The highest BCUT2D eigenvalue weighted by Crippen LogP contribution is 2.25. The Morgan fingerprint density at radius 1 is 1.16 bits per heavy atom. The summed E-state index contributed by atoms with van der Waals surface area (Å²) in [5, 5.41) is 6.62. The summed E-state index contributed by atoms with van der Waals surface area (Å²) in [7, 11) is 0. The molecule has 3 atom stereocenters. The third kappa shape index (κ3) is 4.48. The standard InChI is InChI=1S/C16H30N2O/c1-12-9-10-17-15(11-12)16(19)18-13(2)14-7-5-3-4-6-8-14/h12-15,17H,3-11H2,1-2H3,(H,18,19)/t12?,13-,15?/m1/s1. The van der Waals surface area contributed by atoms with E-state index >= 15 is 0 Å². The van der Waals surface area contributed by atoms with E-state index in [0.717, 1.165) is 13.0 Å². The first-order valence-corrected chi connectivity index (χ1v) is 8.20. The molecule has 2 aliphatic rings. The topological polar surface area (TPSA) is 41.1 Å². The van der Waals surface area contributed by atoms with Crippen LogP contribution in [-0.2, 0) is 4.79 Å². The summed E-state index contributed by atoms with van der Waals surface area (Å²) in [6.07, 6.45) is 10.2. The molecule has 2 unspecified atom stereocenters. The Balaban J connectivity index is 1.80. The molecule has 0 aromatic heterocycles. The van der Waals surface area contributed by atoms with Crippen molar-refractivity contribution < 1.29 is 4.79 Å².